The van der Waals surface area contributed by atoms with Crippen molar-refractivity contribution in [2.24, 2.45) is 10.7 Å². The Bertz CT molecular complexity index is 525. The monoisotopic (exact) mass is 259 g/mol. The maximum Gasteiger partial charge on any atom is 0.346 e. The number of ether oxygens (including phenoxy) is 1. The van der Waals surface area contributed by atoms with Crippen LogP contribution in [0.1, 0.15) is 18.5 Å². The highest BCUT2D eigenvalue weighted by molar-refractivity contribution is 6.03. The van der Waals surface area contributed by atoms with Crippen LogP contribution in [0.15, 0.2) is 41.9 Å². The summed E-state index contributed by atoms with van der Waals surface area (Å²) in [4.78, 5) is 17.2. The molecule has 0 saturated heterocycles. The first kappa shape index (κ1) is 13.1. The molecule has 1 aromatic rings. The number of nitrogens with two attached hydrogens (primary N) is 1. The Balaban J connectivity index is 2.41. The Morgan fingerprint density at radius 3 is 2.95 bits per heavy atom. The van der Waals surface area contributed by atoms with E-state index in [0.29, 0.717) is 19.0 Å². The van der Waals surface area contributed by atoms with Crippen molar-refractivity contribution in [2.45, 2.75) is 13.0 Å². The zero-order valence-corrected chi connectivity index (χ0v) is 10.9. The molecule has 0 radical (unpaired) electrons. The number of hydrogen-bond acceptors (Lipinski definition) is 3. The lowest BCUT2D eigenvalue weighted by molar-refractivity contribution is 0.211. The summed E-state index contributed by atoms with van der Waals surface area (Å²) in [5, 5.41) is 0. The van der Waals surface area contributed by atoms with Gasteiger partial charge >= 0.3 is 6.03 Å². The molecule has 1 aromatic carbocycles. The molecule has 0 aliphatic carbocycles. The fourth-order valence-electron chi connectivity index (χ4n) is 2.15. The van der Waals surface area contributed by atoms with Crippen LogP contribution in [-0.2, 0) is 0 Å². The number of hydrogen-bond donors (Lipinski definition) is 1. The minimum atomic E-state index is -0.381. The molecule has 1 heterocycles. The number of aliphatic imine (C=N–C) groups is 1. The van der Waals surface area contributed by atoms with Gasteiger partial charge in [-0.25, -0.2) is 4.79 Å². The van der Waals surface area contributed by atoms with Gasteiger partial charge in [0.1, 0.15) is 17.6 Å². The van der Waals surface area contributed by atoms with Gasteiger partial charge in [-0.05, 0) is 13.0 Å². The van der Waals surface area contributed by atoms with Crippen molar-refractivity contribution >= 4 is 11.9 Å². The molecule has 0 saturated carbocycles. The second-order valence-electron chi connectivity index (χ2n) is 4.13. The molecule has 2 N–H and O–H groups in total. The fraction of sp³-hybridized carbons (Fsp3) is 0.286. The molecule has 1 aliphatic heterocycles. The molecular weight excluding hydrogens is 242 g/mol. The van der Waals surface area contributed by atoms with E-state index in [1.54, 1.807) is 11.0 Å². The molecule has 0 bridgehead atoms. The smallest absolute Gasteiger partial charge is 0.346 e. The van der Waals surface area contributed by atoms with Crippen molar-refractivity contribution in [3.05, 3.63) is 42.5 Å². The third kappa shape index (κ3) is 2.45. The van der Waals surface area contributed by atoms with Gasteiger partial charge in [-0.3, -0.25) is 0 Å². The van der Waals surface area contributed by atoms with Crippen LogP contribution < -0.4 is 10.5 Å². The summed E-state index contributed by atoms with van der Waals surface area (Å²) < 4.78 is 5.59. The summed E-state index contributed by atoms with van der Waals surface area (Å²) in [6.45, 7) is 6.51. The first-order chi connectivity index (χ1) is 9.19. The van der Waals surface area contributed by atoms with Crippen molar-refractivity contribution in [3.8, 4) is 5.75 Å². The summed E-state index contributed by atoms with van der Waals surface area (Å²) in [7, 11) is 0. The molecule has 5 nitrogen and oxygen atoms in total. The second-order valence-corrected chi connectivity index (χ2v) is 4.13. The van der Waals surface area contributed by atoms with Gasteiger partial charge in [-0.1, -0.05) is 24.3 Å². The summed E-state index contributed by atoms with van der Waals surface area (Å²) in [6.07, 6.45) is 1.66. The van der Waals surface area contributed by atoms with Gasteiger partial charge in [0.15, 0.2) is 0 Å². The van der Waals surface area contributed by atoms with Crippen LogP contribution in [-0.4, -0.2) is 29.9 Å². The van der Waals surface area contributed by atoms with Crippen LogP contribution in [0.3, 0.4) is 0 Å². The van der Waals surface area contributed by atoms with E-state index < -0.39 is 0 Å². The third-order valence-corrected chi connectivity index (χ3v) is 2.90. The van der Waals surface area contributed by atoms with Gasteiger partial charge in [0.05, 0.1) is 6.61 Å². The molecule has 2 rings (SSSR count). The standard InChI is InChI=1S/C14H17N3O2/c1-3-9-17-12(13(15)16-14(17)18)10-7-5-6-8-11(10)19-4-2/h3,5-8,12H,1,4,9H2,2H3,(H2,15,16,18). The molecule has 5 heteroatoms. The van der Waals surface area contributed by atoms with E-state index in [1.807, 2.05) is 31.2 Å². The molecule has 0 spiro atoms. The van der Waals surface area contributed by atoms with Gasteiger partial charge in [-0.15, -0.1) is 6.58 Å². The minimum Gasteiger partial charge on any atom is -0.494 e. The van der Waals surface area contributed by atoms with Crippen LogP contribution in [0.25, 0.3) is 0 Å². The number of para-hydroxylation sites is 1. The second kappa shape index (κ2) is 5.56. The van der Waals surface area contributed by atoms with E-state index in [0.717, 1.165) is 11.3 Å². The van der Waals surface area contributed by atoms with E-state index in [1.165, 1.54) is 0 Å². The van der Waals surface area contributed by atoms with Crippen molar-refractivity contribution in [1.29, 1.82) is 0 Å². The molecule has 1 atom stereocenters. The van der Waals surface area contributed by atoms with Crippen LogP contribution in [0.2, 0.25) is 0 Å². The number of carbonyl (C=O) groups is 1. The summed E-state index contributed by atoms with van der Waals surface area (Å²) in [6, 6.07) is 6.81. The Hall–Kier alpha value is -2.30. The summed E-state index contributed by atoms with van der Waals surface area (Å²) in [5.74, 6) is 1.01. The maximum atomic E-state index is 11.8. The number of benzene rings is 1. The van der Waals surface area contributed by atoms with Gasteiger partial charge in [-0.2, -0.15) is 4.99 Å². The van der Waals surface area contributed by atoms with Crippen LogP contribution in [0, 0.1) is 0 Å². The third-order valence-electron chi connectivity index (χ3n) is 2.90. The van der Waals surface area contributed by atoms with Crippen LogP contribution in [0.4, 0.5) is 4.79 Å². The quantitative estimate of drug-likeness (QED) is 0.823. The first-order valence-corrected chi connectivity index (χ1v) is 6.16. The van der Waals surface area contributed by atoms with Gasteiger partial charge in [0, 0.05) is 12.1 Å². The lowest BCUT2D eigenvalue weighted by Gasteiger charge is -2.24. The predicted octanol–water partition coefficient (Wildman–Crippen LogP) is 2.11. The number of amidine groups is 1. The number of rotatable bonds is 5. The number of urea groups is 1. The van der Waals surface area contributed by atoms with E-state index in [4.69, 9.17) is 10.5 Å². The van der Waals surface area contributed by atoms with E-state index in [2.05, 4.69) is 11.6 Å². The van der Waals surface area contributed by atoms with Crippen molar-refractivity contribution in [3.63, 3.8) is 0 Å². The van der Waals surface area contributed by atoms with E-state index in [-0.39, 0.29) is 12.1 Å². The highest BCUT2D eigenvalue weighted by Crippen LogP contribution is 2.33. The lowest BCUT2D eigenvalue weighted by Crippen LogP contribution is -2.33. The van der Waals surface area contributed by atoms with E-state index in [9.17, 15) is 4.79 Å². The fourth-order valence-corrected chi connectivity index (χ4v) is 2.15. The SMILES string of the molecule is C=CCN1C(=O)N=C(N)C1c1ccccc1OCC. The number of carbonyl (C=O) groups excluding carboxylic acids is 1. The molecule has 0 fully saturated rings. The molecule has 100 valence electrons. The minimum absolute atomic E-state index is 0.291. The molecule has 1 aliphatic rings. The predicted molar refractivity (Wildman–Crippen MR) is 74.3 cm³/mol. The molecule has 2 amide bonds. The lowest BCUT2D eigenvalue weighted by atomic mass is 10.0. The van der Waals surface area contributed by atoms with Crippen molar-refractivity contribution in [1.82, 2.24) is 4.90 Å². The Kier molecular flexibility index (Phi) is 3.85. The Labute approximate surface area is 112 Å². The maximum absolute atomic E-state index is 11.8. The average Bonchev–Trinajstić information content (AvgIpc) is 2.66. The zero-order valence-electron chi connectivity index (χ0n) is 10.9. The summed E-state index contributed by atoms with van der Waals surface area (Å²) >= 11 is 0. The average molecular weight is 259 g/mol. The van der Waals surface area contributed by atoms with E-state index >= 15 is 0 Å². The van der Waals surface area contributed by atoms with Crippen LogP contribution in [0.5, 0.6) is 5.75 Å². The Morgan fingerprint density at radius 1 is 1.53 bits per heavy atom. The Morgan fingerprint density at radius 2 is 2.26 bits per heavy atom. The largest absolute Gasteiger partial charge is 0.494 e. The number of nitrogens with zero attached hydrogens (tertiary/aromatic N) is 2. The topological polar surface area (TPSA) is 67.9 Å². The molecule has 1 unspecified atom stereocenters. The molecule has 0 aromatic heterocycles. The highest BCUT2D eigenvalue weighted by Gasteiger charge is 2.35. The van der Waals surface area contributed by atoms with Gasteiger partial charge in [0.2, 0.25) is 0 Å². The van der Waals surface area contributed by atoms with Crippen LogP contribution >= 0.6 is 0 Å². The van der Waals surface area contributed by atoms with Gasteiger partial charge < -0.3 is 15.4 Å². The zero-order chi connectivity index (χ0) is 13.8. The normalized spacial score (nSPS) is 18.4. The molecular formula is C14H17N3O2. The van der Waals surface area contributed by atoms with Crippen molar-refractivity contribution in [2.75, 3.05) is 13.2 Å². The summed E-state index contributed by atoms with van der Waals surface area (Å²) in [5.41, 5.74) is 6.73. The molecule has 19 heavy (non-hydrogen) atoms. The highest BCUT2D eigenvalue weighted by atomic mass is 16.5. The van der Waals surface area contributed by atoms with Gasteiger partial charge in [0.25, 0.3) is 0 Å². The van der Waals surface area contributed by atoms with Crippen molar-refractivity contribution < 1.29 is 9.53 Å². The number of amides is 2. The first-order valence-electron chi connectivity index (χ1n) is 6.16.